The van der Waals surface area contributed by atoms with Gasteiger partial charge in [0.1, 0.15) is 6.54 Å². The van der Waals surface area contributed by atoms with Crippen LogP contribution in [0.15, 0.2) is 107 Å². The second-order valence-electron chi connectivity index (χ2n) is 12.5. The van der Waals surface area contributed by atoms with Crippen LogP contribution in [-0.2, 0) is 34.5 Å². The number of para-hydroxylation sites is 1. The summed E-state index contributed by atoms with van der Waals surface area (Å²) in [4.78, 5) is 31.6. The zero-order chi connectivity index (χ0) is 41.1. The molecule has 272 valence electrons. The van der Waals surface area contributed by atoms with Gasteiger partial charge in [-0.05, 0) is 59.9 Å². The van der Waals surface area contributed by atoms with E-state index in [1.54, 1.807) is 53.4 Å². The van der Waals surface area contributed by atoms with E-state index in [1.807, 2.05) is 4.90 Å². The Bertz CT molecular complexity index is 2260. The number of hydrogen-bond acceptors (Lipinski definition) is 5. The molecule has 0 unspecified atom stereocenters. The maximum atomic E-state index is 14.9. The van der Waals surface area contributed by atoms with E-state index in [1.165, 1.54) is 28.8 Å². The molecule has 12 heteroatoms. The van der Waals surface area contributed by atoms with Gasteiger partial charge >= 0.3 is 6.18 Å². The lowest BCUT2D eigenvalue weighted by atomic mass is 10.00. The Hall–Kier alpha value is -4.52. The fourth-order valence-electron chi connectivity index (χ4n) is 6.37. The molecule has 1 aromatic heterocycles. The van der Waals surface area contributed by atoms with E-state index < -0.39 is 47.1 Å². The lowest BCUT2D eigenvalue weighted by molar-refractivity contribution is -0.137. The minimum atomic E-state index is -4.47. The molecular weight excluding hydrogens is 698 g/mol. The van der Waals surface area contributed by atoms with Crippen molar-refractivity contribution in [2.75, 3.05) is 33.3 Å². The Morgan fingerprint density at radius 2 is 1.65 bits per heavy atom. The average molecular weight is 741 g/mol. The van der Waals surface area contributed by atoms with Crippen LogP contribution in [0.5, 0.6) is 0 Å². The number of likely N-dealkylation sites (tertiary alicyclic amines) is 1. The van der Waals surface area contributed by atoms with Crippen LogP contribution in [0.3, 0.4) is 0 Å². The van der Waals surface area contributed by atoms with E-state index in [-0.39, 0.29) is 42.1 Å². The standard InChI is InChI=1S/C40H38F5N3O3S/c1-51-22-21-46-19-17-32(18-20-46)47(24-27-9-11-28(12-10-27)29-13-15-31(16-14-29)40(43,44)45)37(50)25-48-35-8-3-2-6-33(35)36(49)23-38(48)52-26-30-5-4-7-34(41)39(30)42/h2-16,23,32H,17-22,24-26H2,1H3/i1D3,26D2. The molecule has 0 radical (unpaired) electrons. The van der Waals surface area contributed by atoms with Gasteiger partial charge in [0, 0.05) is 64.7 Å². The number of thioether (sulfide) groups is 1. The van der Waals surface area contributed by atoms with Crippen molar-refractivity contribution >= 4 is 28.6 Å². The number of carbonyl (C=O) groups is 1. The summed E-state index contributed by atoms with van der Waals surface area (Å²) in [5, 5.41) is 0.288. The fourth-order valence-corrected chi connectivity index (χ4v) is 7.18. The van der Waals surface area contributed by atoms with E-state index in [4.69, 9.17) is 11.6 Å². The number of aromatic nitrogens is 1. The third-order valence-corrected chi connectivity index (χ3v) is 10.0. The Balaban J connectivity index is 1.30. The van der Waals surface area contributed by atoms with Crippen molar-refractivity contribution in [1.82, 2.24) is 14.4 Å². The molecule has 0 spiro atoms. The smallest absolute Gasteiger partial charge is 0.383 e. The molecule has 0 saturated carbocycles. The first-order chi connectivity index (χ1) is 26.9. The predicted octanol–water partition coefficient (Wildman–Crippen LogP) is 8.40. The minimum Gasteiger partial charge on any atom is -0.383 e. The summed E-state index contributed by atoms with van der Waals surface area (Å²) in [6.45, 7) is 1.24. The van der Waals surface area contributed by atoms with Crippen molar-refractivity contribution < 1.29 is 38.3 Å². The summed E-state index contributed by atoms with van der Waals surface area (Å²) in [6.07, 6.45) is -3.42. The number of carbonyl (C=O) groups excluding carboxylic acids is 1. The zero-order valence-corrected chi connectivity index (χ0v) is 28.7. The molecule has 6 rings (SSSR count). The van der Waals surface area contributed by atoms with E-state index in [9.17, 15) is 31.5 Å². The first-order valence-electron chi connectivity index (χ1n) is 19.1. The summed E-state index contributed by atoms with van der Waals surface area (Å²) >= 11 is 0.480. The number of rotatable bonds is 12. The van der Waals surface area contributed by atoms with Crippen LogP contribution in [0.1, 0.15) is 36.4 Å². The molecule has 0 N–H and O–H groups in total. The number of alkyl halides is 3. The number of fused-ring (bicyclic) bond motifs is 1. The summed E-state index contributed by atoms with van der Waals surface area (Å²) in [6, 6.07) is 22.5. The molecule has 1 aliphatic heterocycles. The van der Waals surface area contributed by atoms with Gasteiger partial charge in [0.15, 0.2) is 17.1 Å². The maximum absolute atomic E-state index is 14.9. The number of methoxy groups -OCH3 is 1. The monoisotopic (exact) mass is 740 g/mol. The molecule has 2 heterocycles. The quantitative estimate of drug-likeness (QED) is 0.0951. The van der Waals surface area contributed by atoms with Gasteiger partial charge < -0.3 is 19.1 Å². The van der Waals surface area contributed by atoms with Crippen molar-refractivity contribution in [3.05, 3.63) is 136 Å². The van der Waals surface area contributed by atoms with Crippen molar-refractivity contribution in [2.45, 2.75) is 48.9 Å². The maximum Gasteiger partial charge on any atom is 0.416 e. The highest BCUT2D eigenvalue weighted by atomic mass is 32.2. The van der Waals surface area contributed by atoms with Gasteiger partial charge in [0.2, 0.25) is 5.91 Å². The largest absolute Gasteiger partial charge is 0.416 e. The van der Waals surface area contributed by atoms with Gasteiger partial charge in [-0.1, -0.05) is 60.7 Å². The molecule has 6 nitrogen and oxygen atoms in total. The molecule has 0 bridgehead atoms. The van der Waals surface area contributed by atoms with E-state index in [0.29, 0.717) is 60.9 Å². The van der Waals surface area contributed by atoms with Gasteiger partial charge in [-0.2, -0.15) is 13.2 Å². The van der Waals surface area contributed by atoms with Crippen molar-refractivity contribution in [3.63, 3.8) is 0 Å². The van der Waals surface area contributed by atoms with Crippen LogP contribution < -0.4 is 5.43 Å². The number of halogens is 5. The third-order valence-electron chi connectivity index (χ3n) is 9.17. The molecule has 1 saturated heterocycles. The first-order valence-corrected chi connectivity index (χ1v) is 17.4. The molecule has 1 aliphatic rings. The average Bonchev–Trinajstić information content (AvgIpc) is 3.16. The molecule has 1 amide bonds. The van der Waals surface area contributed by atoms with Crippen molar-refractivity contribution in [1.29, 1.82) is 0 Å². The topological polar surface area (TPSA) is 54.8 Å². The number of pyridine rings is 1. The molecule has 4 aromatic carbocycles. The highest BCUT2D eigenvalue weighted by Crippen LogP contribution is 2.32. The number of hydrogen-bond donors (Lipinski definition) is 0. The Labute approximate surface area is 309 Å². The zero-order valence-electron chi connectivity index (χ0n) is 32.8. The summed E-state index contributed by atoms with van der Waals surface area (Å²) in [5.74, 6) is -2.98. The van der Waals surface area contributed by atoms with E-state index >= 15 is 0 Å². The predicted molar refractivity (Wildman–Crippen MR) is 193 cm³/mol. The van der Waals surface area contributed by atoms with Crippen LogP contribution in [-0.4, -0.2) is 59.6 Å². The number of benzene rings is 4. The summed E-state index contributed by atoms with van der Waals surface area (Å²) in [7, 11) is -2.52. The van der Waals surface area contributed by atoms with Crippen molar-refractivity contribution in [2.24, 2.45) is 0 Å². The molecule has 0 atom stereocenters. The van der Waals surface area contributed by atoms with Crippen molar-refractivity contribution in [3.8, 4) is 11.1 Å². The lowest BCUT2D eigenvalue weighted by Gasteiger charge is -2.39. The van der Waals surface area contributed by atoms with Gasteiger partial charge in [0.05, 0.1) is 26.8 Å². The lowest BCUT2D eigenvalue weighted by Crippen LogP contribution is -2.48. The number of ether oxygens (including phenoxy) is 1. The van der Waals surface area contributed by atoms with Crippen LogP contribution >= 0.6 is 11.8 Å². The van der Waals surface area contributed by atoms with Gasteiger partial charge in [-0.25, -0.2) is 8.78 Å². The fraction of sp³-hybridized carbons (Fsp3) is 0.300. The molecule has 5 aromatic rings. The Morgan fingerprint density at radius 1 is 0.962 bits per heavy atom. The third kappa shape index (κ3) is 8.74. The van der Waals surface area contributed by atoms with E-state index in [2.05, 4.69) is 0 Å². The Kier molecular flexibility index (Phi) is 9.81. The van der Waals surface area contributed by atoms with Gasteiger partial charge in [-0.3, -0.25) is 9.59 Å². The number of piperidine rings is 1. The second-order valence-corrected chi connectivity index (χ2v) is 13.3. The second kappa shape index (κ2) is 16.4. The molecular formula is C40H38F5N3O3S. The summed E-state index contributed by atoms with van der Waals surface area (Å²) < 4.78 is 114. The van der Waals surface area contributed by atoms with Crippen LogP contribution in [0, 0.1) is 11.6 Å². The molecule has 52 heavy (non-hydrogen) atoms. The summed E-state index contributed by atoms with van der Waals surface area (Å²) in [5.41, 5.74) is -2.03. The van der Waals surface area contributed by atoms with E-state index in [0.717, 1.165) is 29.8 Å². The highest BCUT2D eigenvalue weighted by Gasteiger charge is 2.31. The molecule has 1 fully saturated rings. The number of nitrogens with zero attached hydrogens (tertiary/aromatic N) is 3. The first kappa shape index (κ1) is 31.0. The van der Waals surface area contributed by atoms with Crippen LogP contribution in [0.25, 0.3) is 22.0 Å². The Morgan fingerprint density at radius 3 is 2.35 bits per heavy atom. The number of amides is 1. The SMILES string of the molecule is [2H]C([2H])([2H])OCCN1CCC(N(Cc2ccc(-c3ccc(C(F)(F)F)cc3)cc2)C(=O)Cn2c(SC([2H])([2H])c3cccc(F)c3F)cc(=O)c3ccccc32)CC1. The van der Waals surface area contributed by atoms with Crippen LogP contribution in [0.4, 0.5) is 22.0 Å². The van der Waals surface area contributed by atoms with Gasteiger partial charge in [-0.15, -0.1) is 11.8 Å². The van der Waals surface area contributed by atoms with Crippen LogP contribution in [0.2, 0.25) is 0 Å². The van der Waals surface area contributed by atoms with Gasteiger partial charge in [0.25, 0.3) is 0 Å². The highest BCUT2D eigenvalue weighted by molar-refractivity contribution is 7.98. The molecule has 0 aliphatic carbocycles. The minimum absolute atomic E-state index is 0.00196. The normalized spacial score (nSPS) is 16.1.